The molecule has 0 bridgehead atoms. The van der Waals surface area contributed by atoms with Gasteiger partial charge in [0.1, 0.15) is 6.10 Å². The Morgan fingerprint density at radius 3 is 2.48 bits per heavy atom. The lowest BCUT2D eigenvalue weighted by Gasteiger charge is -2.25. The van der Waals surface area contributed by atoms with Crippen molar-refractivity contribution in [1.29, 1.82) is 0 Å². The molecule has 6 heteroatoms. The highest BCUT2D eigenvalue weighted by Crippen LogP contribution is 2.31. The van der Waals surface area contributed by atoms with Crippen molar-refractivity contribution >= 4 is 17.8 Å². The molecule has 2 aromatic rings. The highest BCUT2D eigenvalue weighted by Gasteiger charge is 2.29. The summed E-state index contributed by atoms with van der Waals surface area (Å²) in [5, 5.41) is 2.78. The summed E-state index contributed by atoms with van der Waals surface area (Å²) in [5.41, 5.74) is 1.92. The molecule has 0 unspecified atom stereocenters. The van der Waals surface area contributed by atoms with Crippen LogP contribution in [0.25, 0.3) is 0 Å². The van der Waals surface area contributed by atoms with Gasteiger partial charge in [-0.2, -0.15) is 0 Å². The summed E-state index contributed by atoms with van der Waals surface area (Å²) < 4.78 is 10.8. The zero-order valence-electron chi connectivity index (χ0n) is 17.0. The van der Waals surface area contributed by atoms with E-state index < -0.39 is 29.7 Å². The van der Waals surface area contributed by atoms with Gasteiger partial charge in [-0.15, -0.1) is 0 Å². The summed E-state index contributed by atoms with van der Waals surface area (Å²) in [6.07, 6.45) is -0.870. The van der Waals surface area contributed by atoms with Gasteiger partial charge >= 0.3 is 11.9 Å². The van der Waals surface area contributed by atoms with Crippen LogP contribution < -0.4 is 5.32 Å². The fourth-order valence-electron chi connectivity index (χ4n) is 3.13. The Morgan fingerprint density at radius 1 is 1.14 bits per heavy atom. The number of ether oxygens (including phenoxy) is 2. The van der Waals surface area contributed by atoms with Crippen LogP contribution in [0.4, 0.5) is 0 Å². The van der Waals surface area contributed by atoms with Gasteiger partial charge in [0.15, 0.2) is 6.10 Å². The second kappa shape index (κ2) is 8.07. The minimum atomic E-state index is -0.931. The summed E-state index contributed by atoms with van der Waals surface area (Å²) in [4.78, 5) is 37.0. The Labute approximate surface area is 170 Å². The van der Waals surface area contributed by atoms with Crippen LogP contribution in [0.15, 0.2) is 48.5 Å². The Morgan fingerprint density at radius 2 is 1.83 bits per heavy atom. The third kappa shape index (κ3) is 5.02. The van der Waals surface area contributed by atoms with Gasteiger partial charge in [-0.05, 0) is 57.0 Å². The quantitative estimate of drug-likeness (QED) is 0.800. The van der Waals surface area contributed by atoms with Crippen molar-refractivity contribution < 1.29 is 23.9 Å². The Bertz CT molecular complexity index is 930. The number of hydrogen-bond acceptors (Lipinski definition) is 5. The highest BCUT2D eigenvalue weighted by atomic mass is 16.6. The topological polar surface area (TPSA) is 81.7 Å². The average Bonchev–Trinajstić information content (AvgIpc) is 2.66. The van der Waals surface area contributed by atoms with E-state index in [1.165, 1.54) is 13.0 Å². The maximum atomic E-state index is 12.5. The maximum absolute atomic E-state index is 12.5. The zero-order valence-corrected chi connectivity index (χ0v) is 17.0. The number of carbonyl (C=O) groups is 3. The number of cyclic esters (lactones) is 1. The standard InChI is InChI=1S/C23H25NO5/c1-14(20(25)24-23(2,3)4)28-21(26)16-10-11-18-17(12-16)13-19(29-22(18)27)15-8-6-5-7-9-15/h5-12,14,19H,13H2,1-4H3,(H,24,25)/t14-,19+/m0/s1. The van der Waals surface area contributed by atoms with Crippen LogP contribution in [0.1, 0.15) is 65.6 Å². The second-order valence-electron chi connectivity index (χ2n) is 8.17. The van der Waals surface area contributed by atoms with E-state index in [1.54, 1.807) is 12.1 Å². The third-order valence-electron chi connectivity index (χ3n) is 4.54. The lowest BCUT2D eigenvalue weighted by molar-refractivity contribution is -0.130. The minimum Gasteiger partial charge on any atom is -0.454 e. The molecule has 6 nitrogen and oxygen atoms in total. The summed E-state index contributed by atoms with van der Waals surface area (Å²) in [6, 6.07) is 14.2. The van der Waals surface area contributed by atoms with Gasteiger partial charge in [-0.1, -0.05) is 30.3 Å². The van der Waals surface area contributed by atoms with Crippen molar-refractivity contribution in [2.45, 2.75) is 51.9 Å². The monoisotopic (exact) mass is 395 g/mol. The molecule has 1 N–H and O–H groups in total. The SMILES string of the molecule is C[C@H](OC(=O)c1ccc2c(c1)C[C@H](c1ccccc1)OC2=O)C(=O)NC(C)(C)C. The van der Waals surface area contributed by atoms with Crippen LogP contribution in [0.2, 0.25) is 0 Å². The minimum absolute atomic E-state index is 0.292. The van der Waals surface area contributed by atoms with Crippen LogP contribution in [-0.4, -0.2) is 29.5 Å². The van der Waals surface area contributed by atoms with Crippen molar-refractivity contribution in [1.82, 2.24) is 5.32 Å². The van der Waals surface area contributed by atoms with Crippen LogP contribution in [0, 0.1) is 0 Å². The molecule has 2 aromatic carbocycles. The molecule has 1 aliphatic heterocycles. The number of benzene rings is 2. The molecule has 0 fully saturated rings. The Kier molecular flexibility index (Phi) is 5.73. The first-order chi connectivity index (χ1) is 13.6. The van der Waals surface area contributed by atoms with E-state index >= 15 is 0 Å². The normalized spacial score (nSPS) is 17.0. The summed E-state index contributed by atoms with van der Waals surface area (Å²) in [5.74, 6) is -1.39. The van der Waals surface area contributed by atoms with E-state index in [2.05, 4.69) is 5.32 Å². The fraction of sp³-hybridized carbons (Fsp3) is 0.348. The van der Waals surface area contributed by atoms with Crippen LogP contribution >= 0.6 is 0 Å². The number of amides is 1. The molecule has 0 spiro atoms. The lowest BCUT2D eigenvalue weighted by atomic mass is 9.93. The predicted octanol–water partition coefficient (Wildman–Crippen LogP) is 3.60. The van der Waals surface area contributed by atoms with E-state index in [4.69, 9.17) is 9.47 Å². The van der Waals surface area contributed by atoms with E-state index in [0.29, 0.717) is 17.5 Å². The molecule has 0 aliphatic carbocycles. The number of nitrogens with one attached hydrogen (secondary N) is 1. The first-order valence-corrected chi connectivity index (χ1v) is 9.56. The van der Waals surface area contributed by atoms with Gasteiger partial charge < -0.3 is 14.8 Å². The van der Waals surface area contributed by atoms with Gasteiger partial charge in [0.2, 0.25) is 0 Å². The third-order valence-corrected chi connectivity index (χ3v) is 4.54. The van der Waals surface area contributed by atoms with Crippen molar-refractivity contribution in [3.63, 3.8) is 0 Å². The van der Waals surface area contributed by atoms with Crippen molar-refractivity contribution in [2.24, 2.45) is 0 Å². The Balaban J connectivity index is 1.75. The summed E-state index contributed by atoms with van der Waals surface area (Å²) >= 11 is 0. The number of hydrogen-bond donors (Lipinski definition) is 1. The van der Waals surface area contributed by atoms with E-state index in [1.807, 2.05) is 51.1 Å². The molecule has 152 valence electrons. The fourth-order valence-corrected chi connectivity index (χ4v) is 3.13. The molecular weight excluding hydrogens is 370 g/mol. The lowest BCUT2D eigenvalue weighted by Crippen LogP contribution is -2.46. The van der Waals surface area contributed by atoms with Crippen molar-refractivity contribution in [3.05, 3.63) is 70.8 Å². The molecule has 3 rings (SSSR count). The van der Waals surface area contributed by atoms with Crippen LogP contribution in [0.3, 0.4) is 0 Å². The van der Waals surface area contributed by atoms with Gasteiger partial charge in [-0.3, -0.25) is 4.79 Å². The number of carbonyl (C=O) groups excluding carboxylic acids is 3. The summed E-state index contributed by atoms with van der Waals surface area (Å²) in [7, 11) is 0. The molecule has 0 saturated carbocycles. The zero-order chi connectivity index (χ0) is 21.2. The first kappa shape index (κ1) is 20.6. The van der Waals surface area contributed by atoms with E-state index in [-0.39, 0.29) is 5.91 Å². The Hall–Kier alpha value is -3.15. The van der Waals surface area contributed by atoms with E-state index in [0.717, 1.165) is 11.1 Å². The molecule has 1 heterocycles. The predicted molar refractivity (Wildman–Crippen MR) is 108 cm³/mol. The number of esters is 2. The molecule has 1 aliphatic rings. The molecule has 0 radical (unpaired) electrons. The highest BCUT2D eigenvalue weighted by molar-refractivity contribution is 5.96. The van der Waals surface area contributed by atoms with Gasteiger partial charge in [0.05, 0.1) is 11.1 Å². The molecule has 1 amide bonds. The smallest absolute Gasteiger partial charge is 0.339 e. The molecule has 0 aromatic heterocycles. The van der Waals surface area contributed by atoms with Gasteiger partial charge in [-0.25, -0.2) is 9.59 Å². The molecule has 2 atom stereocenters. The van der Waals surface area contributed by atoms with Crippen molar-refractivity contribution in [2.75, 3.05) is 0 Å². The molecular formula is C23H25NO5. The van der Waals surface area contributed by atoms with E-state index in [9.17, 15) is 14.4 Å². The maximum Gasteiger partial charge on any atom is 0.339 e. The number of rotatable bonds is 4. The van der Waals surface area contributed by atoms with Crippen LogP contribution in [0.5, 0.6) is 0 Å². The van der Waals surface area contributed by atoms with Crippen molar-refractivity contribution in [3.8, 4) is 0 Å². The number of fused-ring (bicyclic) bond motifs is 1. The second-order valence-corrected chi connectivity index (χ2v) is 8.17. The molecule has 29 heavy (non-hydrogen) atoms. The van der Waals surface area contributed by atoms with Crippen LogP contribution in [-0.2, 0) is 20.7 Å². The van der Waals surface area contributed by atoms with Gasteiger partial charge in [0.25, 0.3) is 5.91 Å². The largest absolute Gasteiger partial charge is 0.454 e. The first-order valence-electron chi connectivity index (χ1n) is 9.56. The molecule has 0 saturated heterocycles. The average molecular weight is 395 g/mol. The van der Waals surface area contributed by atoms with Gasteiger partial charge in [0, 0.05) is 12.0 Å². The summed E-state index contributed by atoms with van der Waals surface area (Å²) in [6.45, 7) is 7.08.